The minimum absolute atomic E-state index is 0.623. The van der Waals surface area contributed by atoms with Crippen LogP contribution in [-0.4, -0.2) is 86.2 Å². The van der Waals surface area contributed by atoms with Crippen LogP contribution in [-0.2, 0) is 6.54 Å². The van der Waals surface area contributed by atoms with Gasteiger partial charge in [0.2, 0.25) is 0 Å². The van der Waals surface area contributed by atoms with E-state index in [9.17, 15) is 0 Å². The fourth-order valence-electron chi connectivity index (χ4n) is 4.17. The number of likely N-dealkylation sites (tertiary alicyclic amines) is 1. The number of likely N-dealkylation sites (N-methyl/N-ethyl adjacent to an activating group) is 2. The largest absolute Gasteiger partial charge is 0.355 e. The van der Waals surface area contributed by atoms with Gasteiger partial charge in [0, 0.05) is 58.6 Å². The van der Waals surface area contributed by atoms with Crippen molar-refractivity contribution in [3.8, 4) is 0 Å². The molecule has 28 heavy (non-hydrogen) atoms. The lowest BCUT2D eigenvalue weighted by Crippen LogP contribution is -2.46. The molecule has 0 aliphatic carbocycles. The van der Waals surface area contributed by atoms with Crippen molar-refractivity contribution in [2.45, 2.75) is 39.3 Å². The lowest BCUT2D eigenvalue weighted by Gasteiger charge is -2.34. The van der Waals surface area contributed by atoms with Gasteiger partial charge in [0.25, 0.3) is 0 Å². The van der Waals surface area contributed by atoms with Gasteiger partial charge in [-0.05, 0) is 44.1 Å². The van der Waals surface area contributed by atoms with E-state index in [0.29, 0.717) is 6.04 Å². The maximum Gasteiger partial charge on any atom is 0.191 e. The SMILES string of the molecule is CCN1CCN(c2ccc(CNC(=NC)NCC3CCCN3CC)cn2)CC1. The standard InChI is InChI=1S/C21H37N7/c1-4-26-11-13-28(14-12-26)20-9-8-18(15-23-20)16-24-21(22-3)25-17-19-7-6-10-27(19)5-2/h8-9,15,19H,4-7,10-14,16-17H2,1-3H3,(H2,22,24,25). The lowest BCUT2D eigenvalue weighted by atomic mass is 10.2. The first-order valence-electron chi connectivity index (χ1n) is 10.8. The summed E-state index contributed by atoms with van der Waals surface area (Å²) in [5, 5.41) is 6.90. The van der Waals surface area contributed by atoms with Crippen molar-refractivity contribution in [1.82, 2.24) is 25.4 Å². The molecule has 2 fully saturated rings. The Balaban J connectivity index is 1.43. The average molecular weight is 388 g/mol. The summed E-state index contributed by atoms with van der Waals surface area (Å²) in [7, 11) is 1.83. The molecule has 7 heteroatoms. The van der Waals surface area contributed by atoms with Crippen LogP contribution in [0, 0.1) is 0 Å². The molecule has 1 aromatic rings. The van der Waals surface area contributed by atoms with Crippen molar-refractivity contribution in [2.24, 2.45) is 4.99 Å². The number of nitrogens with one attached hydrogen (secondary N) is 2. The van der Waals surface area contributed by atoms with E-state index in [1.807, 2.05) is 13.2 Å². The first-order valence-corrected chi connectivity index (χ1v) is 10.8. The van der Waals surface area contributed by atoms with Gasteiger partial charge in [0.05, 0.1) is 0 Å². The summed E-state index contributed by atoms with van der Waals surface area (Å²) in [4.78, 5) is 16.5. The Morgan fingerprint density at radius 1 is 1.11 bits per heavy atom. The molecule has 0 amide bonds. The van der Waals surface area contributed by atoms with Gasteiger partial charge < -0.3 is 20.4 Å². The number of rotatable bonds is 7. The van der Waals surface area contributed by atoms with E-state index in [1.54, 1.807) is 0 Å². The van der Waals surface area contributed by atoms with E-state index in [-0.39, 0.29) is 0 Å². The van der Waals surface area contributed by atoms with Crippen LogP contribution < -0.4 is 15.5 Å². The van der Waals surface area contributed by atoms with E-state index < -0.39 is 0 Å². The smallest absolute Gasteiger partial charge is 0.191 e. The number of hydrogen-bond acceptors (Lipinski definition) is 5. The Morgan fingerprint density at radius 2 is 1.93 bits per heavy atom. The van der Waals surface area contributed by atoms with Crippen molar-refractivity contribution in [3.05, 3.63) is 23.9 Å². The second-order valence-electron chi connectivity index (χ2n) is 7.68. The minimum atomic E-state index is 0.623. The van der Waals surface area contributed by atoms with E-state index in [4.69, 9.17) is 0 Å². The highest BCUT2D eigenvalue weighted by molar-refractivity contribution is 5.79. The topological polar surface area (TPSA) is 59.0 Å². The van der Waals surface area contributed by atoms with E-state index >= 15 is 0 Å². The number of piperazine rings is 1. The highest BCUT2D eigenvalue weighted by atomic mass is 15.3. The van der Waals surface area contributed by atoms with Crippen LogP contribution in [0.25, 0.3) is 0 Å². The van der Waals surface area contributed by atoms with Crippen molar-refractivity contribution in [2.75, 3.05) is 64.3 Å². The highest BCUT2D eigenvalue weighted by Gasteiger charge is 2.22. The summed E-state index contributed by atoms with van der Waals surface area (Å²) >= 11 is 0. The molecule has 2 aliphatic heterocycles. The van der Waals surface area contributed by atoms with Crippen LogP contribution in [0.3, 0.4) is 0 Å². The normalized spacial score (nSPS) is 21.9. The molecular weight excluding hydrogens is 350 g/mol. The molecule has 3 rings (SSSR count). The maximum atomic E-state index is 4.69. The summed E-state index contributed by atoms with van der Waals surface area (Å²) in [6.07, 6.45) is 4.56. The number of aromatic nitrogens is 1. The van der Waals surface area contributed by atoms with E-state index in [2.05, 4.69) is 61.3 Å². The first-order chi connectivity index (χ1) is 13.7. The highest BCUT2D eigenvalue weighted by Crippen LogP contribution is 2.16. The molecule has 1 unspecified atom stereocenters. The summed E-state index contributed by atoms with van der Waals surface area (Å²) in [6.45, 7) is 14.0. The van der Waals surface area contributed by atoms with Crippen LogP contribution in [0.4, 0.5) is 5.82 Å². The number of nitrogens with zero attached hydrogens (tertiary/aromatic N) is 5. The molecule has 0 radical (unpaired) electrons. The minimum Gasteiger partial charge on any atom is -0.355 e. The molecule has 7 nitrogen and oxygen atoms in total. The summed E-state index contributed by atoms with van der Waals surface area (Å²) in [5.74, 6) is 1.95. The van der Waals surface area contributed by atoms with Crippen molar-refractivity contribution in [3.63, 3.8) is 0 Å². The summed E-state index contributed by atoms with van der Waals surface area (Å²) in [6, 6.07) is 4.94. The molecule has 0 aromatic carbocycles. The first kappa shape index (κ1) is 20.9. The second-order valence-corrected chi connectivity index (χ2v) is 7.68. The Kier molecular flexibility index (Phi) is 7.91. The zero-order chi connectivity index (χ0) is 19.8. The fourth-order valence-corrected chi connectivity index (χ4v) is 4.17. The lowest BCUT2D eigenvalue weighted by molar-refractivity contribution is 0.267. The molecule has 1 aromatic heterocycles. The molecule has 0 saturated carbocycles. The molecule has 156 valence electrons. The Morgan fingerprint density at radius 3 is 2.57 bits per heavy atom. The summed E-state index contributed by atoms with van der Waals surface area (Å²) < 4.78 is 0. The van der Waals surface area contributed by atoms with Gasteiger partial charge in [-0.1, -0.05) is 19.9 Å². The van der Waals surface area contributed by atoms with Crippen LogP contribution in [0.1, 0.15) is 32.3 Å². The van der Waals surface area contributed by atoms with Gasteiger partial charge in [-0.3, -0.25) is 9.89 Å². The molecule has 0 bridgehead atoms. The van der Waals surface area contributed by atoms with Gasteiger partial charge >= 0.3 is 0 Å². The molecule has 0 spiro atoms. The Bertz CT molecular complexity index is 608. The Hall–Kier alpha value is -1.86. The van der Waals surface area contributed by atoms with Gasteiger partial charge in [-0.2, -0.15) is 0 Å². The van der Waals surface area contributed by atoms with Crippen molar-refractivity contribution >= 4 is 11.8 Å². The molecule has 3 heterocycles. The van der Waals surface area contributed by atoms with E-state index in [1.165, 1.54) is 24.9 Å². The van der Waals surface area contributed by atoms with Crippen molar-refractivity contribution < 1.29 is 0 Å². The number of anilines is 1. The van der Waals surface area contributed by atoms with Crippen molar-refractivity contribution in [1.29, 1.82) is 0 Å². The third-order valence-electron chi connectivity index (χ3n) is 6.05. The quantitative estimate of drug-likeness (QED) is 0.544. The molecule has 2 aliphatic rings. The average Bonchev–Trinajstić information content (AvgIpc) is 3.22. The number of guanidine groups is 1. The van der Waals surface area contributed by atoms with Crippen LogP contribution in [0.2, 0.25) is 0 Å². The van der Waals surface area contributed by atoms with Gasteiger partial charge in [-0.15, -0.1) is 0 Å². The van der Waals surface area contributed by atoms with Crippen LogP contribution in [0.5, 0.6) is 0 Å². The third-order valence-corrected chi connectivity index (χ3v) is 6.05. The molecule has 1 atom stereocenters. The molecular formula is C21H37N7. The predicted octanol–water partition coefficient (Wildman–Crippen LogP) is 1.37. The number of pyridine rings is 1. The fraction of sp³-hybridized carbons (Fsp3) is 0.714. The number of aliphatic imine (C=N–C) groups is 1. The third kappa shape index (κ3) is 5.58. The summed E-state index contributed by atoms with van der Waals surface area (Å²) in [5.41, 5.74) is 1.18. The van der Waals surface area contributed by atoms with E-state index in [0.717, 1.165) is 64.1 Å². The maximum absolute atomic E-state index is 4.69. The number of hydrogen-bond donors (Lipinski definition) is 2. The monoisotopic (exact) mass is 387 g/mol. The van der Waals surface area contributed by atoms with Gasteiger partial charge in [0.15, 0.2) is 5.96 Å². The van der Waals surface area contributed by atoms with Gasteiger partial charge in [0.1, 0.15) is 5.82 Å². The zero-order valence-corrected chi connectivity index (χ0v) is 17.8. The predicted molar refractivity (Wildman–Crippen MR) is 117 cm³/mol. The Labute approximate surface area is 170 Å². The second kappa shape index (κ2) is 10.6. The van der Waals surface area contributed by atoms with Crippen LogP contribution in [0.15, 0.2) is 23.3 Å². The molecule has 2 saturated heterocycles. The van der Waals surface area contributed by atoms with Crippen LogP contribution >= 0.6 is 0 Å². The van der Waals surface area contributed by atoms with Gasteiger partial charge in [-0.25, -0.2) is 4.98 Å². The zero-order valence-electron chi connectivity index (χ0n) is 17.8. The molecule has 2 N–H and O–H groups in total.